The number of aromatic nitrogens is 2. The summed E-state index contributed by atoms with van der Waals surface area (Å²) < 4.78 is 10.6. The fourth-order valence-corrected chi connectivity index (χ4v) is 3.10. The quantitative estimate of drug-likeness (QED) is 0.903. The first-order chi connectivity index (χ1) is 10.3. The Morgan fingerprint density at radius 1 is 1.33 bits per heavy atom. The average Bonchev–Trinajstić information content (AvgIpc) is 2.95. The summed E-state index contributed by atoms with van der Waals surface area (Å²) in [5.74, 6) is 2.31. The number of likely N-dealkylation sites (tertiary alicyclic amines) is 1. The number of nitrogens with zero attached hydrogens (tertiary/aromatic N) is 3. The highest BCUT2D eigenvalue weighted by Gasteiger charge is 2.38. The summed E-state index contributed by atoms with van der Waals surface area (Å²) in [6.45, 7) is 2.65. The summed E-state index contributed by atoms with van der Waals surface area (Å²) in [6, 6.07) is 1.97. The minimum atomic E-state index is 0.127. The van der Waals surface area contributed by atoms with Gasteiger partial charge in [-0.05, 0) is 18.9 Å². The Balaban J connectivity index is 1.47. The maximum Gasteiger partial charge on any atom is 0.231 e. The summed E-state index contributed by atoms with van der Waals surface area (Å²) in [5, 5.41) is 13.7. The second kappa shape index (κ2) is 5.27. The van der Waals surface area contributed by atoms with Crippen LogP contribution in [0.15, 0.2) is 27.5 Å². The van der Waals surface area contributed by atoms with E-state index in [1.165, 1.54) is 12.8 Å². The van der Waals surface area contributed by atoms with Gasteiger partial charge in [-0.15, -0.1) is 0 Å². The number of rotatable bonds is 5. The first-order valence-electron chi connectivity index (χ1n) is 7.51. The molecule has 1 aliphatic heterocycles. The fourth-order valence-electron chi connectivity index (χ4n) is 3.10. The van der Waals surface area contributed by atoms with Crippen molar-refractivity contribution in [2.75, 3.05) is 19.7 Å². The molecule has 0 radical (unpaired) electrons. The van der Waals surface area contributed by atoms with Crippen LogP contribution in [0.25, 0.3) is 0 Å². The molecule has 2 atom stereocenters. The molecule has 3 heterocycles. The van der Waals surface area contributed by atoms with Crippen molar-refractivity contribution in [3.05, 3.63) is 35.9 Å². The van der Waals surface area contributed by atoms with Crippen LogP contribution in [0.2, 0.25) is 0 Å². The van der Waals surface area contributed by atoms with Crippen molar-refractivity contribution in [2.24, 2.45) is 5.92 Å². The molecule has 112 valence electrons. The van der Waals surface area contributed by atoms with Gasteiger partial charge in [0.2, 0.25) is 5.89 Å². The zero-order valence-electron chi connectivity index (χ0n) is 11.8. The molecule has 1 saturated carbocycles. The van der Waals surface area contributed by atoms with Crippen molar-refractivity contribution < 1.29 is 14.0 Å². The molecule has 4 rings (SSSR count). The molecule has 0 bridgehead atoms. The molecule has 1 saturated heterocycles. The van der Waals surface area contributed by atoms with E-state index in [1.807, 2.05) is 6.07 Å². The zero-order chi connectivity index (χ0) is 14.2. The molecule has 6 nitrogen and oxygen atoms in total. The Bertz CT molecular complexity index is 591. The molecule has 0 unspecified atom stereocenters. The monoisotopic (exact) mass is 289 g/mol. The summed E-state index contributed by atoms with van der Waals surface area (Å²) in [4.78, 5) is 6.85. The van der Waals surface area contributed by atoms with E-state index in [0.29, 0.717) is 11.8 Å². The molecule has 21 heavy (non-hydrogen) atoms. The van der Waals surface area contributed by atoms with Crippen LogP contribution >= 0.6 is 0 Å². The van der Waals surface area contributed by atoms with Gasteiger partial charge in [0.1, 0.15) is 0 Å². The second-order valence-corrected chi connectivity index (χ2v) is 6.14. The van der Waals surface area contributed by atoms with E-state index in [2.05, 4.69) is 15.0 Å². The smallest absolute Gasteiger partial charge is 0.231 e. The van der Waals surface area contributed by atoms with E-state index in [9.17, 15) is 5.11 Å². The molecule has 0 amide bonds. The van der Waals surface area contributed by atoms with Gasteiger partial charge in [0, 0.05) is 43.6 Å². The third kappa shape index (κ3) is 2.61. The van der Waals surface area contributed by atoms with Crippen molar-refractivity contribution in [1.82, 2.24) is 15.0 Å². The Hall–Kier alpha value is -1.66. The van der Waals surface area contributed by atoms with Crippen LogP contribution in [0.3, 0.4) is 0 Å². The van der Waals surface area contributed by atoms with Gasteiger partial charge in [-0.3, -0.25) is 4.90 Å². The summed E-state index contributed by atoms with van der Waals surface area (Å²) >= 11 is 0. The minimum Gasteiger partial charge on any atom is -0.472 e. The topological polar surface area (TPSA) is 75.5 Å². The number of hydrogen-bond acceptors (Lipinski definition) is 6. The lowest BCUT2D eigenvalue weighted by Gasteiger charge is -2.13. The van der Waals surface area contributed by atoms with Crippen molar-refractivity contribution in [1.29, 1.82) is 0 Å². The molecule has 1 aliphatic carbocycles. The van der Waals surface area contributed by atoms with E-state index in [1.54, 1.807) is 12.5 Å². The van der Waals surface area contributed by atoms with Crippen LogP contribution in [-0.4, -0.2) is 39.8 Å². The van der Waals surface area contributed by atoms with E-state index in [4.69, 9.17) is 8.94 Å². The molecular weight excluding hydrogens is 270 g/mol. The first-order valence-corrected chi connectivity index (χ1v) is 7.51. The highest BCUT2D eigenvalue weighted by molar-refractivity contribution is 5.10. The maximum atomic E-state index is 9.63. The van der Waals surface area contributed by atoms with Gasteiger partial charge in [-0.2, -0.15) is 4.98 Å². The van der Waals surface area contributed by atoms with Crippen molar-refractivity contribution in [2.45, 2.75) is 31.2 Å². The predicted octanol–water partition coefficient (Wildman–Crippen LogP) is 1.75. The molecule has 6 heteroatoms. The lowest BCUT2D eigenvalue weighted by atomic mass is 9.97. The SMILES string of the molecule is OC[C@@H]1CN(Cc2ccoc2)C[C@H]1c1nc(C2CC2)no1. The summed E-state index contributed by atoms with van der Waals surface area (Å²) in [7, 11) is 0. The predicted molar refractivity (Wildman–Crippen MR) is 73.6 cm³/mol. The zero-order valence-corrected chi connectivity index (χ0v) is 11.8. The number of aliphatic hydroxyl groups is 1. The highest BCUT2D eigenvalue weighted by atomic mass is 16.5. The van der Waals surface area contributed by atoms with Gasteiger partial charge < -0.3 is 14.0 Å². The minimum absolute atomic E-state index is 0.127. The van der Waals surface area contributed by atoms with Gasteiger partial charge >= 0.3 is 0 Å². The molecule has 2 fully saturated rings. The normalized spacial score (nSPS) is 26.5. The van der Waals surface area contributed by atoms with Gasteiger partial charge in [0.05, 0.1) is 18.4 Å². The molecule has 2 aromatic rings. The molecule has 1 N–H and O–H groups in total. The molecule has 0 aromatic carbocycles. The van der Waals surface area contributed by atoms with Crippen LogP contribution in [-0.2, 0) is 6.54 Å². The van der Waals surface area contributed by atoms with Crippen molar-refractivity contribution >= 4 is 0 Å². The summed E-state index contributed by atoms with van der Waals surface area (Å²) in [5.41, 5.74) is 1.15. The van der Waals surface area contributed by atoms with Crippen molar-refractivity contribution in [3.63, 3.8) is 0 Å². The van der Waals surface area contributed by atoms with Crippen molar-refractivity contribution in [3.8, 4) is 0 Å². The number of hydrogen-bond donors (Lipinski definition) is 1. The molecular formula is C15H19N3O3. The largest absolute Gasteiger partial charge is 0.472 e. The lowest BCUT2D eigenvalue weighted by Crippen LogP contribution is -2.20. The van der Waals surface area contributed by atoms with Crippen LogP contribution in [0.1, 0.15) is 42.0 Å². The van der Waals surface area contributed by atoms with Crippen LogP contribution < -0.4 is 0 Å². The van der Waals surface area contributed by atoms with Crippen LogP contribution in [0.4, 0.5) is 0 Å². The second-order valence-electron chi connectivity index (χ2n) is 6.14. The van der Waals surface area contributed by atoms with Crippen LogP contribution in [0, 0.1) is 5.92 Å². The Morgan fingerprint density at radius 2 is 2.24 bits per heavy atom. The summed E-state index contributed by atoms with van der Waals surface area (Å²) in [6.07, 6.45) is 5.78. The van der Waals surface area contributed by atoms with E-state index in [0.717, 1.165) is 31.0 Å². The highest BCUT2D eigenvalue weighted by Crippen LogP contribution is 2.40. The first kappa shape index (κ1) is 13.0. The maximum absolute atomic E-state index is 9.63. The molecule has 0 spiro atoms. The van der Waals surface area contributed by atoms with Gasteiger partial charge in [0.15, 0.2) is 5.82 Å². The Labute approximate surface area is 122 Å². The number of aliphatic hydroxyl groups excluding tert-OH is 1. The number of furan rings is 1. The van der Waals surface area contributed by atoms with E-state index >= 15 is 0 Å². The van der Waals surface area contributed by atoms with Gasteiger partial charge in [-0.1, -0.05) is 5.16 Å². The molecule has 2 aromatic heterocycles. The van der Waals surface area contributed by atoms with Gasteiger partial charge in [-0.25, -0.2) is 0 Å². The third-order valence-corrected chi connectivity index (χ3v) is 4.45. The van der Waals surface area contributed by atoms with Gasteiger partial charge in [0.25, 0.3) is 0 Å². The Morgan fingerprint density at radius 3 is 2.95 bits per heavy atom. The Kier molecular flexibility index (Phi) is 3.27. The van der Waals surface area contributed by atoms with E-state index < -0.39 is 0 Å². The third-order valence-electron chi connectivity index (χ3n) is 4.45. The average molecular weight is 289 g/mol. The fraction of sp³-hybridized carbons (Fsp3) is 0.600. The standard InChI is InChI=1S/C15H19N3O3/c19-8-12-6-18(5-10-3-4-20-9-10)7-13(12)15-16-14(17-21-15)11-1-2-11/h3-4,9,11-13,19H,1-2,5-8H2/t12-,13+/m0/s1. The lowest BCUT2D eigenvalue weighted by molar-refractivity contribution is 0.204. The molecule has 2 aliphatic rings. The van der Waals surface area contributed by atoms with E-state index in [-0.39, 0.29) is 18.4 Å². The van der Waals surface area contributed by atoms with Crippen LogP contribution in [0.5, 0.6) is 0 Å².